The van der Waals surface area contributed by atoms with Gasteiger partial charge in [0.25, 0.3) is 0 Å². The summed E-state index contributed by atoms with van der Waals surface area (Å²) in [5.41, 5.74) is 0.998. The van der Waals surface area contributed by atoms with Gasteiger partial charge in [-0.15, -0.1) is 0 Å². The van der Waals surface area contributed by atoms with Crippen LogP contribution in [0.5, 0.6) is 0 Å². The molecule has 1 saturated heterocycles. The van der Waals surface area contributed by atoms with Gasteiger partial charge in [0, 0.05) is 32.4 Å². The highest BCUT2D eigenvalue weighted by Gasteiger charge is 2.57. The predicted molar refractivity (Wildman–Crippen MR) is 69.5 cm³/mol. The zero-order valence-corrected chi connectivity index (χ0v) is 11.0. The number of anilines is 1. The first-order valence-electron chi connectivity index (χ1n) is 6.38. The van der Waals surface area contributed by atoms with E-state index in [1.807, 2.05) is 24.3 Å². The highest BCUT2D eigenvalue weighted by atomic mass is 16.6. The maximum absolute atomic E-state index is 11.9. The van der Waals surface area contributed by atoms with Gasteiger partial charge in [-0.25, -0.2) is 0 Å². The molecule has 0 aliphatic carbocycles. The van der Waals surface area contributed by atoms with Gasteiger partial charge in [0.05, 0.1) is 5.69 Å². The van der Waals surface area contributed by atoms with Crippen molar-refractivity contribution in [2.24, 2.45) is 0 Å². The van der Waals surface area contributed by atoms with Crippen molar-refractivity contribution in [1.82, 2.24) is 5.32 Å². The molecule has 2 aliphatic rings. The summed E-state index contributed by atoms with van der Waals surface area (Å²) in [6, 6.07) is 7.61. The van der Waals surface area contributed by atoms with Crippen LogP contribution in [0.4, 0.5) is 5.69 Å². The van der Waals surface area contributed by atoms with E-state index in [4.69, 9.17) is 4.74 Å². The van der Waals surface area contributed by atoms with Crippen LogP contribution in [0.2, 0.25) is 0 Å². The van der Waals surface area contributed by atoms with Crippen molar-refractivity contribution >= 4 is 17.6 Å². The molecule has 1 aromatic rings. The number of hydrogen-bond acceptors (Lipinski definition) is 4. The average molecular weight is 260 g/mol. The van der Waals surface area contributed by atoms with Crippen molar-refractivity contribution in [1.29, 1.82) is 0 Å². The number of ether oxygens (including phenoxy) is 1. The van der Waals surface area contributed by atoms with E-state index in [0.717, 1.165) is 17.8 Å². The van der Waals surface area contributed by atoms with Gasteiger partial charge >= 0.3 is 5.97 Å². The summed E-state index contributed by atoms with van der Waals surface area (Å²) in [7, 11) is 0. The first kappa shape index (κ1) is 12.2. The molecular formula is C14H16N2O3. The fourth-order valence-electron chi connectivity index (χ4n) is 3.23. The second-order valence-corrected chi connectivity index (χ2v) is 5.00. The summed E-state index contributed by atoms with van der Waals surface area (Å²) in [6.07, 6.45) is 0.379. The highest BCUT2D eigenvalue weighted by molar-refractivity contribution is 5.95. The Morgan fingerprint density at radius 2 is 2.11 bits per heavy atom. The van der Waals surface area contributed by atoms with Gasteiger partial charge in [0.15, 0.2) is 5.60 Å². The lowest BCUT2D eigenvalue weighted by atomic mass is 9.92. The molecule has 0 spiro atoms. The van der Waals surface area contributed by atoms with Crippen molar-refractivity contribution in [3.05, 3.63) is 29.8 Å². The Balaban J connectivity index is 2.18. The van der Waals surface area contributed by atoms with Crippen LogP contribution in [0.15, 0.2) is 24.3 Å². The summed E-state index contributed by atoms with van der Waals surface area (Å²) >= 11 is 0. The van der Waals surface area contributed by atoms with Gasteiger partial charge in [0.2, 0.25) is 5.91 Å². The van der Waals surface area contributed by atoms with Crippen molar-refractivity contribution in [3.8, 4) is 0 Å². The van der Waals surface area contributed by atoms with E-state index in [2.05, 4.69) is 5.32 Å². The molecule has 5 heteroatoms. The normalized spacial score (nSPS) is 27.9. The van der Waals surface area contributed by atoms with Crippen LogP contribution in [-0.2, 0) is 19.9 Å². The molecule has 100 valence electrons. The molecule has 1 fully saturated rings. The quantitative estimate of drug-likeness (QED) is 0.769. The molecule has 0 radical (unpaired) electrons. The molecule has 2 heterocycles. The SMILES string of the molecule is CC(=O)O[C@]12CCN[C@H]1N(C(C)=O)c1ccccc12. The number of esters is 1. The number of hydrogen-bond donors (Lipinski definition) is 1. The molecule has 0 aromatic heterocycles. The fraction of sp³-hybridized carbons (Fsp3) is 0.429. The molecule has 1 aromatic carbocycles. The van der Waals surface area contributed by atoms with Gasteiger partial charge in [-0.3, -0.25) is 19.8 Å². The van der Waals surface area contributed by atoms with Crippen LogP contribution in [0.3, 0.4) is 0 Å². The Kier molecular flexibility index (Phi) is 2.60. The molecule has 19 heavy (non-hydrogen) atoms. The van der Waals surface area contributed by atoms with Gasteiger partial charge in [-0.05, 0) is 6.07 Å². The third-order valence-electron chi connectivity index (χ3n) is 3.82. The van der Waals surface area contributed by atoms with Gasteiger partial charge in [0.1, 0.15) is 6.17 Å². The van der Waals surface area contributed by atoms with Gasteiger partial charge in [-0.2, -0.15) is 0 Å². The first-order valence-corrected chi connectivity index (χ1v) is 6.38. The van der Waals surface area contributed by atoms with E-state index < -0.39 is 5.60 Å². The molecule has 1 amide bonds. The monoisotopic (exact) mass is 260 g/mol. The molecular weight excluding hydrogens is 244 g/mol. The Morgan fingerprint density at radius 1 is 1.37 bits per heavy atom. The third-order valence-corrected chi connectivity index (χ3v) is 3.82. The lowest BCUT2D eigenvalue weighted by Gasteiger charge is -2.31. The van der Waals surface area contributed by atoms with Crippen LogP contribution in [0.1, 0.15) is 25.8 Å². The number of carbonyl (C=O) groups is 2. The van der Waals surface area contributed by atoms with Gasteiger partial charge in [-0.1, -0.05) is 18.2 Å². The zero-order chi connectivity index (χ0) is 13.6. The number of carbonyl (C=O) groups excluding carboxylic acids is 2. The zero-order valence-electron chi connectivity index (χ0n) is 11.0. The summed E-state index contributed by atoms with van der Waals surface area (Å²) in [6.45, 7) is 3.65. The van der Waals surface area contributed by atoms with Gasteiger partial charge < -0.3 is 4.74 Å². The molecule has 1 N–H and O–H groups in total. The van der Waals surface area contributed by atoms with Crippen LogP contribution in [0, 0.1) is 0 Å². The first-order chi connectivity index (χ1) is 9.06. The maximum Gasteiger partial charge on any atom is 0.303 e. The molecule has 5 nitrogen and oxygen atoms in total. The fourth-order valence-corrected chi connectivity index (χ4v) is 3.23. The topological polar surface area (TPSA) is 58.6 Å². The van der Waals surface area contributed by atoms with Crippen molar-refractivity contribution in [3.63, 3.8) is 0 Å². The van der Waals surface area contributed by atoms with E-state index in [1.54, 1.807) is 4.90 Å². The van der Waals surface area contributed by atoms with E-state index in [9.17, 15) is 9.59 Å². The lowest BCUT2D eigenvalue weighted by molar-refractivity contribution is -0.159. The molecule has 3 rings (SSSR count). The van der Waals surface area contributed by atoms with Crippen molar-refractivity contribution in [2.45, 2.75) is 32.0 Å². The number of benzene rings is 1. The van der Waals surface area contributed by atoms with Crippen LogP contribution in [0.25, 0.3) is 0 Å². The Bertz CT molecular complexity index is 557. The van der Waals surface area contributed by atoms with E-state index >= 15 is 0 Å². The molecule has 0 bridgehead atoms. The number of nitrogens with zero attached hydrogens (tertiary/aromatic N) is 1. The molecule has 0 unspecified atom stereocenters. The molecule has 0 saturated carbocycles. The number of rotatable bonds is 1. The van der Waals surface area contributed by atoms with E-state index in [-0.39, 0.29) is 18.0 Å². The Labute approximate surface area is 111 Å². The Morgan fingerprint density at radius 3 is 2.79 bits per heavy atom. The number of amides is 1. The number of nitrogens with one attached hydrogen (secondary N) is 1. The van der Waals surface area contributed by atoms with E-state index in [1.165, 1.54) is 13.8 Å². The summed E-state index contributed by atoms with van der Waals surface area (Å²) < 4.78 is 5.63. The lowest BCUT2D eigenvalue weighted by Crippen LogP contribution is -2.51. The van der Waals surface area contributed by atoms with E-state index in [0.29, 0.717) is 6.42 Å². The standard InChI is InChI=1S/C14H16N2O3/c1-9(17)16-12-6-4-3-5-11(12)14(19-10(2)18)7-8-15-13(14)16/h3-6,13,15H,7-8H2,1-2H3/t13-,14-/m0/s1. The minimum absolute atomic E-state index is 0.0547. The highest BCUT2D eigenvalue weighted by Crippen LogP contribution is 2.49. The summed E-state index contributed by atoms with van der Waals surface area (Å²) in [5, 5.41) is 3.27. The van der Waals surface area contributed by atoms with Crippen molar-refractivity contribution in [2.75, 3.05) is 11.4 Å². The predicted octanol–water partition coefficient (Wildman–Crippen LogP) is 1.13. The second kappa shape index (κ2) is 4.06. The Hall–Kier alpha value is -1.88. The second-order valence-electron chi connectivity index (χ2n) is 5.00. The molecule has 2 atom stereocenters. The minimum atomic E-state index is -0.742. The average Bonchev–Trinajstić information content (AvgIpc) is 2.83. The number of fused-ring (bicyclic) bond motifs is 3. The smallest absolute Gasteiger partial charge is 0.303 e. The minimum Gasteiger partial charge on any atom is -0.451 e. The number of para-hydroxylation sites is 1. The maximum atomic E-state index is 11.9. The van der Waals surface area contributed by atoms with Crippen molar-refractivity contribution < 1.29 is 14.3 Å². The van der Waals surface area contributed by atoms with Crippen LogP contribution < -0.4 is 10.2 Å². The van der Waals surface area contributed by atoms with Crippen LogP contribution in [-0.4, -0.2) is 24.6 Å². The third kappa shape index (κ3) is 1.58. The summed E-state index contributed by atoms with van der Waals surface area (Å²) in [5.74, 6) is -0.380. The summed E-state index contributed by atoms with van der Waals surface area (Å²) in [4.78, 5) is 25.1. The largest absolute Gasteiger partial charge is 0.451 e. The molecule has 2 aliphatic heterocycles. The van der Waals surface area contributed by atoms with Crippen LogP contribution >= 0.6 is 0 Å².